The van der Waals surface area contributed by atoms with E-state index in [4.69, 9.17) is 0 Å². The number of benzene rings is 1. The molecule has 0 fully saturated rings. The lowest BCUT2D eigenvalue weighted by Gasteiger charge is -2.08. The van der Waals surface area contributed by atoms with Gasteiger partial charge in [-0.05, 0) is 23.8 Å². The van der Waals surface area contributed by atoms with Gasteiger partial charge in [-0.2, -0.15) is 13.2 Å². The number of nitrogens with zero attached hydrogens (tertiary/aromatic N) is 1. The minimum absolute atomic E-state index is 0.0260. The maximum absolute atomic E-state index is 13.3. The van der Waals surface area contributed by atoms with Crippen LogP contribution in [0.1, 0.15) is 11.1 Å². The Labute approximate surface area is 117 Å². The fraction of sp³-hybridized carbons (Fsp3) is 0.143. The van der Waals surface area contributed by atoms with Crippen LogP contribution in [0.3, 0.4) is 0 Å². The average molecular weight is 298 g/mol. The van der Waals surface area contributed by atoms with Crippen molar-refractivity contribution >= 4 is 11.6 Å². The highest BCUT2D eigenvalue weighted by molar-refractivity contribution is 5.92. The number of hydrogen-bond acceptors (Lipinski definition) is 2. The summed E-state index contributed by atoms with van der Waals surface area (Å²) < 4.78 is 50.4. The molecule has 7 heteroatoms. The third-order valence-electron chi connectivity index (χ3n) is 2.69. The predicted molar refractivity (Wildman–Crippen MR) is 68.0 cm³/mol. The van der Waals surface area contributed by atoms with E-state index in [0.717, 1.165) is 18.3 Å². The molecular formula is C14H10F4N2O. The summed E-state index contributed by atoms with van der Waals surface area (Å²) in [4.78, 5) is 15.2. The Kier molecular flexibility index (Phi) is 4.21. The normalized spacial score (nSPS) is 11.2. The lowest BCUT2D eigenvalue weighted by molar-refractivity contribution is -0.137. The molecule has 21 heavy (non-hydrogen) atoms. The molecule has 2 rings (SSSR count). The van der Waals surface area contributed by atoms with Crippen molar-refractivity contribution in [2.45, 2.75) is 12.6 Å². The van der Waals surface area contributed by atoms with Crippen molar-refractivity contribution in [2.24, 2.45) is 0 Å². The third-order valence-corrected chi connectivity index (χ3v) is 2.69. The summed E-state index contributed by atoms with van der Waals surface area (Å²) in [5.41, 5.74) is -0.413. The Bertz CT molecular complexity index is 638. The van der Waals surface area contributed by atoms with Gasteiger partial charge in [-0.1, -0.05) is 12.1 Å². The Morgan fingerprint density at radius 2 is 1.81 bits per heavy atom. The van der Waals surface area contributed by atoms with E-state index in [-0.39, 0.29) is 12.1 Å². The molecule has 0 aliphatic carbocycles. The van der Waals surface area contributed by atoms with Gasteiger partial charge in [-0.3, -0.25) is 9.78 Å². The van der Waals surface area contributed by atoms with Gasteiger partial charge in [-0.15, -0.1) is 0 Å². The van der Waals surface area contributed by atoms with Crippen molar-refractivity contribution in [3.8, 4) is 0 Å². The molecule has 0 spiro atoms. The minimum atomic E-state index is -4.42. The number of anilines is 1. The summed E-state index contributed by atoms with van der Waals surface area (Å²) in [6.45, 7) is 0. The van der Waals surface area contributed by atoms with Crippen LogP contribution in [0.5, 0.6) is 0 Å². The third kappa shape index (κ3) is 4.01. The van der Waals surface area contributed by atoms with Crippen LogP contribution in [0.15, 0.2) is 42.7 Å². The Morgan fingerprint density at radius 3 is 2.38 bits per heavy atom. The van der Waals surface area contributed by atoms with Gasteiger partial charge in [0.2, 0.25) is 5.91 Å². The molecule has 1 aromatic heterocycles. The maximum atomic E-state index is 13.3. The molecule has 0 saturated heterocycles. The summed E-state index contributed by atoms with van der Waals surface area (Å²) in [7, 11) is 0. The second kappa shape index (κ2) is 5.90. The van der Waals surface area contributed by atoms with Gasteiger partial charge in [-0.25, -0.2) is 4.39 Å². The van der Waals surface area contributed by atoms with Crippen molar-refractivity contribution in [2.75, 3.05) is 5.32 Å². The molecule has 0 radical (unpaired) electrons. The van der Waals surface area contributed by atoms with Crippen LogP contribution in [0, 0.1) is 5.82 Å². The molecule has 2 aromatic rings. The quantitative estimate of drug-likeness (QED) is 0.882. The van der Waals surface area contributed by atoms with Crippen LogP contribution in [-0.2, 0) is 17.4 Å². The highest BCUT2D eigenvalue weighted by Gasteiger charge is 2.29. The molecule has 1 heterocycles. The molecule has 0 unspecified atom stereocenters. The van der Waals surface area contributed by atoms with Crippen molar-refractivity contribution in [3.63, 3.8) is 0 Å². The van der Waals surface area contributed by atoms with E-state index in [0.29, 0.717) is 5.56 Å². The minimum Gasteiger partial charge on any atom is -0.323 e. The SMILES string of the molecule is O=C(Cc1ccc(C(F)(F)F)cc1)Nc1ccncc1F. The summed E-state index contributed by atoms with van der Waals surface area (Å²) >= 11 is 0. The van der Waals surface area contributed by atoms with Gasteiger partial charge in [0.1, 0.15) is 0 Å². The molecule has 0 saturated carbocycles. The molecule has 1 aromatic carbocycles. The van der Waals surface area contributed by atoms with E-state index in [1.54, 1.807) is 0 Å². The molecule has 1 N–H and O–H groups in total. The number of amides is 1. The van der Waals surface area contributed by atoms with Crippen LogP contribution in [0.4, 0.5) is 23.2 Å². The van der Waals surface area contributed by atoms with Crippen LogP contribution < -0.4 is 5.32 Å². The Hall–Kier alpha value is -2.44. The zero-order chi connectivity index (χ0) is 15.5. The van der Waals surface area contributed by atoms with Crippen molar-refractivity contribution in [1.82, 2.24) is 4.98 Å². The first kappa shape index (κ1) is 15.0. The predicted octanol–water partition coefficient (Wildman–Crippen LogP) is 3.42. The first-order valence-corrected chi connectivity index (χ1v) is 5.92. The summed E-state index contributed by atoms with van der Waals surface area (Å²) in [5, 5.41) is 2.33. The summed E-state index contributed by atoms with van der Waals surface area (Å²) in [6.07, 6.45) is -2.30. The molecule has 0 bridgehead atoms. The van der Waals surface area contributed by atoms with E-state index in [2.05, 4.69) is 10.3 Å². The van der Waals surface area contributed by atoms with Crippen molar-refractivity contribution in [3.05, 3.63) is 59.7 Å². The van der Waals surface area contributed by atoms with Gasteiger partial charge >= 0.3 is 6.18 Å². The van der Waals surface area contributed by atoms with Crippen LogP contribution in [0.25, 0.3) is 0 Å². The number of nitrogens with one attached hydrogen (secondary N) is 1. The zero-order valence-electron chi connectivity index (χ0n) is 10.6. The smallest absolute Gasteiger partial charge is 0.323 e. The van der Waals surface area contributed by atoms with Crippen LogP contribution >= 0.6 is 0 Å². The second-order valence-electron chi connectivity index (χ2n) is 4.28. The van der Waals surface area contributed by atoms with Gasteiger partial charge in [0.15, 0.2) is 5.82 Å². The number of pyridine rings is 1. The van der Waals surface area contributed by atoms with E-state index in [9.17, 15) is 22.4 Å². The van der Waals surface area contributed by atoms with E-state index >= 15 is 0 Å². The van der Waals surface area contributed by atoms with Gasteiger partial charge in [0, 0.05) is 6.20 Å². The summed E-state index contributed by atoms with van der Waals surface area (Å²) in [5.74, 6) is -1.21. The fourth-order valence-corrected chi connectivity index (χ4v) is 1.67. The number of carbonyl (C=O) groups is 1. The lowest BCUT2D eigenvalue weighted by atomic mass is 10.1. The van der Waals surface area contributed by atoms with E-state index < -0.39 is 23.5 Å². The lowest BCUT2D eigenvalue weighted by Crippen LogP contribution is -2.15. The first-order chi connectivity index (χ1) is 9.86. The van der Waals surface area contributed by atoms with Gasteiger partial charge < -0.3 is 5.32 Å². The standard InChI is InChI=1S/C14H10F4N2O/c15-11-8-19-6-5-12(11)20-13(21)7-9-1-3-10(4-2-9)14(16,17)18/h1-6,8H,7H2,(H,19,20,21). The second-order valence-corrected chi connectivity index (χ2v) is 4.28. The number of alkyl halides is 3. The molecule has 1 amide bonds. The number of hydrogen-bond donors (Lipinski definition) is 1. The monoisotopic (exact) mass is 298 g/mol. The maximum Gasteiger partial charge on any atom is 0.416 e. The van der Waals surface area contributed by atoms with E-state index in [1.807, 2.05) is 0 Å². The number of halogens is 4. The zero-order valence-corrected chi connectivity index (χ0v) is 10.6. The molecule has 110 valence electrons. The molecular weight excluding hydrogens is 288 g/mol. The highest BCUT2D eigenvalue weighted by Crippen LogP contribution is 2.29. The number of carbonyl (C=O) groups excluding carboxylic acids is 1. The Balaban J connectivity index is 2.02. The van der Waals surface area contributed by atoms with Gasteiger partial charge in [0.25, 0.3) is 0 Å². The largest absolute Gasteiger partial charge is 0.416 e. The molecule has 3 nitrogen and oxygen atoms in total. The highest BCUT2D eigenvalue weighted by atomic mass is 19.4. The van der Waals surface area contributed by atoms with Crippen molar-refractivity contribution in [1.29, 1.82) is 0 Å². The average Bonchev–Trinajstić information content (AvgIpc) is 2.41. The first-order valence-electron chi connectivity index (χ1n) is 5.92. The summed E-state index contributed by atoms with van der Waals surface area (Å²) in [6, 6.07) is 5.52. The molecule has 0 atom stereocenters. The van der Waals surface area contributed by atoms with Crippen LogP contribution in [-0.4, -0.2) is 10.9 Å². The van der Waals surface area contributed by atoms with Crippen LogP contribution in [0.2, 0.25) is 0 Å². The topological polar surface area (TPSA) is 42.0 Å². The van der Waals surface area contributed by atoms with Gasteiger partial charge in [0.05, 0.1) is 23.9 Å². The molecule has 0 aliphatic rings. The van der Waals surface area contributed by atoms with E-state index in [1.165, 1.54) is 24.4 Å². The Morgan fingerprint density at radius 1 is 1.14 bits per heavy atom. The number of aromatic nitrogens is 1. The number of rotatable bonds is 3. The van der Waals surface area contributed by atoms with Crippen molar-refractivity contribution < 1.29 is 22.4 Å². The fourth-order valence-electron chi connectivity index (χ4n) is 1.67. The molecule has 0 aliphatic heterocycles.